The number of carbonyl (C=O) groups excluding carboxylic acids is 2. The van der Waals surface area contributed by atoms with E-state index in [0.29, 0.717) is 16.3 Å². The smallest absolute Gasteiger partial charge is 0.264 e. The summed E-state index contributed by atoms with van der Waals surface area (Å²) in [6.45, 7) is 4.31. The molecule has 1 N–H and O–H groups in total. The molecule has 3 rings (SSSR count). The SMILES string of the molecule is CCC(C)NC(=O)C(C)N(Cc1c(Cl)cccc1Cl)C(=O)CN(c1ccccc1F)S(=O)(=O)c1ccccc1. The third-order valence-electron chi connectivity index (χ3n) is 6.29. The molecule has 0 radical (unpaired) electrons. The molecule has 208 valence electrons. The molecule has 11 heteroatoms. The predicted molar refractivity (Wildman–Crippen MR) is 152 cm³/mol. The molecule has 0 aliphatic heterocycles. The Labute approximate surface area is 238 Å². The van der Waals surface area contributed by atoms with Gasteiger partial charge in [-0.25, -0.2) is 12.8 Å². The Bertz CT molecular complexity index is 1400. The second-order valence-corrected chi connectivity index (χ2v) is 11.7. The van der Waals surface area contributed by atoms with E-state index in [1.807, 2.05) is 13.8 Å². The molecule has 2 atom stereocenters. The van der Waals surface area contributed by atoms with Crippen LogP contribution in [0.15, 0.2) is 77.7 Å². The van der Waals surface area contributed by atoms with Crippen LogP contribution in [0.25, 0.3) is 0 Å². The lowest BCUT2D eigenvalue weighted by Crippen LogP contribution is -2.52. The number of nitrogens with one attached hydrogen (secondary N) is 1. The van der Waals surface area contributed by atoms with Crippen molar-refractivity contribution in [3.63, 3.8) is 0 Å². The molecule has 39 heavy (non-hydrogen) atoms. The average molecular weight is 595 g/mol. The maximum atomic E-state index is 14.9. The zero-order valence-corrected chi connectivity index (χ0v) is 24.1. The zero-order chi connectivity index (χ0) is 28.7. The summed E-state index contributed by atoms with van der Waals surface area (Å²) in [6, 6.07) is 16.3. The predicted octanol–water partition coefficient (Wildman–Crippen LogP) is 5.66. The second-order valence-electron chi connectivity index (χ2n) is 8.99. The number of nitrogens with zero attached hydrogens (tertiary/aromatic N) is 2. The fourth-order valence-electron chi connectivity index (χ4n) is 3.79. The molecule has 3 aromatic rings. The highest BCUT2D eigenvalue weighted by atomic mass is 35.5. The zero-order valence-electron chi connectivity index (χ0n) is 21.8. The van der Waals surface area contributed by atoms with Crippen molar-refractivity contribution in [1.29, 1.82) is 0 Å². The molecule has 2 unspecified atom stereocenters. The van der Waals surface area contributed by atoms with Gasteiger partial charge in [-0.1, -0.05) is 66.5 Å². The topological polar surface area (TPSA) is 86.8 Å². The van der Waals surface area contributed by atoms with Crippen LogP contribution in [0.5, 0.6) is 0 Å². The maximum absolute atomic E-state index is 14.9. The summed E-state index contributed by atoms with van der Waals surface area (Å²) in [7, 11) is -4.37. The van der Waals surface area contributed by atoms with Crippen molar-refractivity contribution < 1.29 is 22.4 Å². The number of anilines is 1. The van der Waals surface area contributed by atoms with Gasteiger partial charge in [-0.15, -0.1) is 0 Å². The van der Waals surface area contributed by atoms with Gasteiger partial charge in [0.2, 0.25) is 11.8 Å². The summed E-state index contributed by atoms with van der Waals surface area (Å²) in [5.41, 5.74) is 0.0860. The Hall–Kier alpha value is -3.14. The van der Waals surface area contributed by atoms with Crippen LogP contribution in [0, 0.1) is 5.82 Å². The van der Waals surface area contributed by atoms with E-state index >= 15 is 0 Å². The summed E-state index contributed by atoms with van der Waals surface area (Å²) in [6.07, 6.45) is 0.666. The normalized spacial score (nSPS) is 12.9. The molecule has 3 aromatic carbocycles. The lowest BCUT2D eigenvalue weighted by Gasteiger charge is -2.33. The van der Waals surface area contributed by atoms with E-state index in [2.05, 4.69) is 5.32 Å². The Morgan fingerprint density at radius 2 is 1.51 bits per heavy atom. The van der Waals surface area contributed by atoms with Crippen molar-refractivity contribution in [2.24, 2.45) is 0 Å². The highest BCUT2D eigenvalue weighted by Gasteiger charge is 2.34. The van der Waals surface area contributed by atoms with Crippen molar-refractivity contribution in [1.82, 2.24) is 10.2 Å². The van der Waals surface area contributed by atoms with Gasteiger partial charge in [0.05, 0.1) is 10.6 Å². The molecule has 0 aliphatic carbocycles. The van der Waals surface area contributed by atoms with Crippen LogP contribution in [0.1, 0.15) is 32.8 Å². The van der Waals surface area contributed by atoms with Gasteiger partial charge in [-0.3, -0.25) is 13.9 Å². The first-order valence-electron chi connectivity index (χ1n) is 12.3. The van der Waals surface area contributed by atoms with Crippen LogP contribution < -0.4 is 9.62 Å². The van der Waals surface area contributed by atoms with Crippen LogP contribution in [-0.4, -0.2) is 43.8 Å². The van der Waals surface area contributed by atoms with E-state index in [9.17, 15) is 22.4 Å². The number of benzene rings is 3. The van der Waals surface area contributed by atoms with Gasteiger partial charge < -0.3 is 10.2 Å². The van der Waals surface area contributed by atoms with Crippen LogP contribution in [-0.2, 0) is 26.2 Å². The minimum atomic E-state index is -4.37. The molecule has 0 bridgehead atoms. The van der Waals surface area contributed by atoms with Crippen molar-refractivity contribution in [2.45, 2.75) is 50.7 Å². The van der Waals surface area contributed by atoms with Crippen molar-refractivity contribution in [2.75, 3.05) is 10.8 Å². The van der Waals surface area contributed by atoms with Gasteiger partial charge in [0.1, 0.15) is 18.4 Å². The van der Waals surface area contributed by atoms with Crippen LogP contribution in [0.3, 0.4) is 0 Å². The summed E-state index contributed by atoms with van der Waals surface area (Å²) in [5.74, 6) is -2.02. The summed E-state index contributed by atoms with van der Waals surface area (Å²) >= 11 is 12.7. The van der Waals surface area contributed by atoms with E-state index in [0.717, 1.165) is 6.07 Å². The van der Waals surface area contributed by atoms with Gasteiger partial charge in [0, 0.05) is 28.2 Å². The van der Waals surface area contributed by atoms with Crippen LogP contribution in [0.4, 0.5) is 10.1 Å². The number of hydrogen-bond acceptors (Lipinski definition) is 4. The molecule has 0 heterocycles. The quantitative estimate of drug-likeness (QED) is 0.311. The first-order valence-corrected chi connectivity index (χ1v) is 14.5. The highest BCUT2D eigenvalue weighted by Crippen LogP contribution is 2.29. The van der Waals surface area contributed by atoms with Gasteiger partial charge in [0.15, 0.2) is 0 Å². The van der Waals surface area contributed by atoms with E-state index in [1.165, 1.54) is 54.3 Å². The van der Waals surface area contributed by atoms with Gasteiger partial charge >= 0.3 is 0 Å². The highest BCUT2D eigenvalue weighted by molar-refractivity contribution is 7.92. The van der Waals surface area contributed by atoms with Gasteiger partial charge in [-0.2, -0.15) is 0 Å². The molecular formula is C28H30Cl2FN3O4S. The second kappa shape index (κ2) is 13.3. The third kappa shape index (κ3) is 7.29. The standard InChI is InChI=1S/C28H30Cl2FN3O4S/c1-4-19(2)32-28(36)20(3)33(17-22-23(29)13-10-14-24(22)30)27(35)18-34(26-16-9-8-15-25(26)31)39(37,38)21-11-6-5-7-12-21/h5-16,19-20H,4,17-18H2,1-3H3,(H,32,36). The van der Waals surface area contributed by atoms with Crippen molar-refractivity contribution >= 4 is 50.7 Å². The molecule has 2 amide bonds. The number of rotatable bonds is 11. The minimum Gasteiger partial charge on any atom is -0.352 e. The number of carbonyl (C=O) groups is 2. The van der Waals surface area contributed by atoms with Crippen molar-refractivity contribution in [3.8, 4) is 0 Å². The summed E-state index contributed by atoms with van der Waals surface area (Å²) in [4.78, 5) is 28.0. The lowest BCUT2D eigenvalue weighted by atomic mass is 10.1. The molecular weight excluding hydrogens is 564 g/mol. The van der Waals surface area contributed by atoms with Crippen LogP contribution >= 0.6 is 23.2 Å². The molecule has 0 saturated carbocycles. The number of sulfonamides is 1. The van der Waals surface area contributed by atoms with Crippen molar-refractivity contribution in [3.05, 3.63) is 94.2 Å². The van der Waals surface area contributed by atoms with E-state index in [1.54, 1.807) is 24.3 Å². The average Bonchev–Trinajstić information content (AvgIpc) is 2.92. The number of halogens is 3. The molecule has 7 nitrogen and oxygen atoms in total. The largest absolute Gasteiger partial charge is 0.352 e. The number of hydrogen-bond donors (Lipinski definition) is 1. The third-order valence-corrected chi connectivity index (χ3v) is 8.77. The summed E-state index contributed by atoms with van der Waals surface area (Å²) in [5, 5.41) is 3.39. The molecule has 0 aliphatic rings. The first-order chi connectivity index (χ1) is 18.5. The fourth-order valence-corrected chi connectivity index (χ4v) is 5.75. The maximum Gasteiger partial charge on any atom is 0.264 e. The first kappa shape index (κ1) is 30.4. The molecule has 0 aromatic heterocycles. The van der Waals surface area contributed by atoms with Crippen LogP contribution in [0.2, 0.25) is 10.0 Å². The van der Waals surface area contributed by atoms with E-state index in [-0.39, 0.29) is 33.2 Å². The molecule has 0 saturated heterocycles. The lowest BCUT2D eigenvalue weighted by molar-refractivity contribution is -0.139. The molecule has 0 fully saturated rings. The Kier molecular flexibility index (Phi) is 10.4. The van der Waals surface area contributed by atoms with E-state index in [4.69, 9.17) is 23.2 Å². The monoisotopic (exact) mass is 593 g/mol. The Balaban J connectivity index is 2.07. The van der Waals surface area contributed by atoms with Gasteiger partial charge in [0.25, 0.3) is 10.0 Å². The van der Waals surface area contributed by atoms with Gasteiger partial charge in [-0.05, 0) is 56.7 Å². The number of amides is 2. The Morgan fingerprint density at radius 1 is 0.923 bits per heavy atom. The summed E-state index contributed by atoms with van der Waals surface area (Å²) < 4.78 is 43.0. The Morgan fingerprint density at radius 3 is 2.10 bits per heavy atom. The van der Waals surface area contributed by atoms with E-state index < -0.39 is 40.2 Å². The molecule has 0 spiro atoms. The fraction of sp³-hybridized carbons (Fsp3) is 0.286. The minimum absolute atomic E-state index is 0.121. The number of para-hydroxylation sites is 1.